The lowest BCUT2D eigenvalue weighted by molar-refractivity contribution is 0.291. The largest absolute Gasteiger partial charge is 0.492 e. The fraction of sp³-hybridized carbons (Fsp3) is 0.625. The molecule has 1 aliphatic heterocycles. The van der Waals surface area contributed by atoms with Gasteiger partial charge in [0.05, 0.1) is 6.61 Å². The van der Waals surface area contributed by atoms with E-state index in [2.05, 4.69) is 51.2 Å². The van der Waals surface area contributed by atoms with Crippen molar-refractivity contribution in [3.8, 4) is 5.75 Å². The molecule has 2 heteroatoms. The highest BCUT2D eigenvalue weighted by Crippen LogP contribution is 2.40. The van der Waals surface area contributed by atoms with Gasteiger partial charge in [-0.3, -0.25) is 0 Å². The summed E-state index contributed by atoms with van der Waals surface area (Å²) < 4.78 is 5.74. The maximum atomic E-state index is 5.74. The van der Waals surface area contributed by atoms with Gasteiger partial charge in [-0.05, 0) is 37.1 Å². The zero-order valence-corrected chi connectivity index (χ0v) is 12.2. The highest BCUT2D eigenvalue weighted by molar-refractivity contribution is 5.45. The summed E-state index contributed by atoms with van der Waals surface area (Å²) in [7, 11) is 2.04. The Morgan fingerprint density at radius 2 is 2.06 bits per heavy atom. The highest BCUT2D eigenvalue weighted by atomic mass is 16.5. The molecule has 1 heterocycles. The van der Waals surface area contributed by atoms with Gasteiger partial charge in [-0.1, -0.05) is 33.8 Å². The standard InChI is InChI=1S/C16H25NO/c1-11(2)8-14(17-5)12-6-7-15-13(9-12)16(3,4)10-18-15/h6-7,9,11,14,17H,8,10H2,1-5H3. The van der Waals surface area contributed by atoms with E-state index in [1.807, 2.05) is 7.05 Å². The summed E-state index contributed by atoms with van der Waals surface area (Å²) in [5.74, 6) is 1.75. The number of hydrogen-bond donors (Lipinski definition) is 1. The molecule has 2 nitrogen and oxygen atoms in total. The van der Waals surface area contributed by atoms with Crippen LogP contribution in [0.3, 0.4) is 0 Å². The molecule has 0 aliphatic carbocycles. The van der Waals surface area contributed by atoms with Crippen LogP contribution >= 0.6 is 0 Å². The van der Waals surface area contributed by atoms with Crippen LogP contribution in [0.5, 0.6) is 5.75 Å². The molecule has 0 amide bonds. The Balaban J connectivity index is 2.30. The van der Waals surface area contributed by atoms with E-state index in [1.54, 1.807) is 0 Å². The monoisotopic (exact) mass is 247 g/mol. The molecule has 0 saturated heterocycles. The van der Waals surface area contributed by atoms with Gasteiger partial charge >= 0.3 is 0 Å². The van der Waals surface area contributed by atoms with Gasteiger partial charge in [-0.2, -0.15) is 0 Å². The second kappa shape index (κ2) is 4.93. The number of benzene rings is 1. The molecule has 0 aromatic heterocycles. The van der Waals surface area contributed by atoms with Crippen molar-refractivity contribution in [1.82, 2.24) is 5.32 Å². The zero-order valence-electron chi connectivity index (χ0n) is 12.2. The number of rotatable bonds is 4. The second-order valence-corrected chi connectivity index (χ2v) is 6.40. The third-order valence-electron chi connectivity index (χ3n) is 3.78. The molecular formula is C16H25NO. The molecule has 0 fully saturated rings. The first-order valence-corrected chi connectivity index (χ1v) is 6.88. The molecule has 0 bridgehead atoms. The highest BCUT2D eigenvalue weighted by Gasteiger charge is 2.32. The molecule has 0 radical (unpaired) electrons. The predicted molar refractivity (Wildman–Crippen MR) is 76.2 cm³/mol. The average Bonchev–Trinajstić information content (AvgIpc) is 2.62. The van der Waals surface area contributed by atoms with E-state index in [4.69, 9.17) is 4.74 Å². The smallest absolute Gasteiger partial charge is 0.123 e. The van der Waals surface area contributed by atoms with Crippen LogP contribution in [0.15, 0.2) is 18.2 Å². The Bertz CT molecular complexity index is 423. The van der Waals surface area contributed by atoms with E-state index in [0.29, 0.717) is 12.0 Å². The predicted octanol–water partition coefficient (Wildman–Crippen LogP) is 3.66. The Morgan fingerprint density at radius 3 is 2.67 bits per heavy atom. The lowest BCUT2D eigenvalue weighted by atomic mass is 9.84. The maximum absolute atomic E-state index is 5.74. The van der Waals surface area contributed by atoms with Crippen molar-refractivity contribution in [3.63, 3.8) is 0 Å². The van der Waals surface area contributed by atoms with Gasteiger partial charge in [0.25, 0.3) is 0 Å². The molecule has 1 unspecified atom stereocenters. The minimum Gasteiger partial charge on any atom is -0.492 e. The molecule has 0 spiro atoms. The number of ether oxygens (including phenoxy) is 1. The van der Waals surface area contributed by atoms with Crippen molar-refractivity contribution < 1.29 is 4.74 Å². The van der Waals surface area contributed by atoms with Gasteiger partial charge in [0.1, 0.15) is 5.75 Å². The van der Waals surface area contributed by atoms with Crippen LogP contribution in [-0.4, -0.2) is 13.7 Å². The number of hydrogen-bond acceptors (Lipinski definition) is 2. The summed E-state index contributed by atoms with van der Waals surface area (Å²) in [6.45, 7) is 9.83. The van der Waals surface area contributed by atoms with Crippen LogP contribution in [-0.2, 0) is 5.41 Å². The Kier molecular flexibility index (Phi) is 3.67. The first kappa shape index (κ1) is 13.4. The fourth-order valence-electron chi connectivity index (χ4n) is 2.65. The molecular weight excluding hydrogens is 222 g/mol. The van der Waals surface area contributed by atoms with E-state index in [0.717, 1.165) is 18.8 Å². The Labute approximate surface area is 111 Å². The number of fused-ring (bicyclic) bond motifs is 1. The van der Waals surface area contributed by atoms with Gasteiger partial charge < -0.3 is 10.1 Å². The van der Waals surface area contributed by atoms with Crippen molar-refractivity contribution in [1.29, 1.82) is 0 Å². The van der Waals surface area contributed by atoms with Crippen LogP contribution in [0, 0.1) is 5.92 Å². The summed E-state index contributed by atoms with van der Waals surface area (Å²) >= 11 is 0. The first-order valence-electron chi connectivity index (χ1n) is 6.88. The normalized spacial score (nSPS) is 18.6. The molecule has 0 saturated carbocycles. The molecule has 1 aromatic carbocycles. The first-order chi connectivity index (χ1) is 8.44. The van der Waals surface area contributed by atoms with Crippen LogP contribution in [0.2, 0.25) is 0 Å². The average molecular weight is 247 g/mol. The van der Waals surface area contributed by atoms with E-state index >= 15 is 0 Å². The van der Waals surface area contributed by atoms with E-state index in [-0.39, 0.29) is 5.41 Å². The molecule has 1 aromatic rings. The van der Waals surface area contributed by atoms with Crippen molar-refractivity contribution in [2.24, 2.45) is 5.92 Å². The summed E-state index contributed by atoms with van der Waals surface area (Å²) in [6, 6.07) is 7.09. The number of nitrogens with one attached hydrogen (secondary N) is 1. The maximum Gasteiger partial charge on any atom is 0.123 e. The van der Waals surface area contributed by atoms with Gasteiger partial charge in [0.2, 0.25) is 0 Å². The summed E-state index contributed by atoms with van der Waals surface area (Å²) in [6.07, 6.45) is 1.16. The Hall–Kier alpha value is -1.02. The van der Waals surface area contributed by atoms with Gasteiger partial charge in [-0.25, -0.2) is 0 Å². The zero-order chi connectivity index (χ0) is 13.3. The van der Waals surface area contributed by atoms with E-state index in [9.17, 15) is 0 Å². The molecule has 100 valence electrons. The van der Waals surface area contributed by atoms with Crippen LogP contribution in [0.1, 0.15) is 51.3 Å². The lowest BCUT2D eigenvalue weighted by Gasteiger charge is -2.21. The fourth-order valence-corrected chi connectivity index (χ4v) is 2.65. The third-order valence-corrected chi connectivity index (χ3v) is 3.78. The lowest BCUT2D eigenvalue weighted by Crippen LogP contribution is -2.20. The van der Waals surface area contributed by atoms with Gasteiger partial charge in [0, 0.05) is 17.0 Å². The van der Waals surface area contributed by atoms with Crippen molar-refractivity contribution in [2.45, 2.75) is 45.6 Å². The quantitative estimate of drug-likeness (QED) is 0.876. The SMILES string of the molecule is CNC(CC(C)C)c1ccc2c(c1)C(C)(C)CO2. The third kappa shape index (κ3) is 2.54. The van der Waals surface area contributed by atoms with E-state index < -0.39 is 0 Å². The summed E-state index contributed by atoms with van der Waals surface area (Å²) in [5.41, 5.74) is 2.87. The van der Waals surface area contributed by atoms with Crippen LogP contribution < -0.4 is 10.1 Å². The van der Waals surface area contributed by atoms with Crippen LogP contribution in [0.25, 0.3) is 0 Å². The Morgan fingerprint density at radius 1 is 1.33 bits per heavy atom. The van der Waals surface area contributed by atoms with Gasteiger partial charge in [-0.15, -0.1) is 0 Å². The van der Waals surface area contributed by atoms with Crippen molar-refractivity contribution in [3.05, 3.63) is 29.3 Å². The minimum atomic E-state index is 0.140. The molecule has 2 rings (SSSR count). The van der Waals surface area contributed by atoms with Crippen molar-refractivity contribution in [2.75, 3.05) is 13.7 Å². The molecule has 18 heavy (non-hydrogen) atoms. The van der Waals surface area contributed by atoms with Crippen molar-refractivity contribution >= 4 is 0 Å². The minimum absolute atomic E-state index is 0.140. The molecule has 1 aliphatic rings. The summed E-state index contributed by atoms with van der Waals surface area (Å²) in [5, 5.41) is 3.43. The summed E-state index contributed by atoms with van der Waals surface area (Å²) in [4.78, 5) is 0. The second-order valence-electron chi connectivity index (χ2n) is 6.40. The topological polar surface area (TPSA) is 21.3 Å². The molecule has 1 N–H and O–H groups in total. The van der Waals surface area contributed by atoms with E-state index in [1.165, 1.54) is 11.1 Å². The van der Waals surface area contributed by atoms with Gasteiger partial charge in [0.15, 0.2) is 0 Å². The molecule has 1 atom stereocenters. The van der Waals surface area contributed by atoms with Crippen LogP contribution in [0.4, 0.5) is 0 Å².